The number of benzene rings is 2. The number of aliphatic carboxylic acids is 1. The summed E-state index contributed by atoms with van der Waals surface area (Å²) in [4.78, 5) is 11.1. The zero-order chi connectivity index (χ0) is 18.9. The largest absolute Gasteiger partial charge is 0.490 e. The number of hydrogen-bond donors (Lipinski definition) is 1. The number of hydrogen-bond acceptors (Lipinski definition) is 4. The van der Waals surface area contributed by atoms with Gasteiger partial charge in [0.1, 0.15) is 24.7 Å². The molecule has 0 fully saturated rings. The highest BCUT2D eigenvalue weighted by Crippen LogP contribution is 2.25. The molecule has 0 saturated heterocycles. The molecule has 0 aliphatic heterocycles. The van der Waals surface area contributed by atoms with Gasteiger partial charge < -0.3 is 19.3 Å². The van der Waals surface area contributed by atoms with Gasteiger partial charge in [0, 0.05) is 13.5 Å². The summed E-state index contributed by atoms with van der Waals surface area (Å²) in [6.07, 6.45) is -0.567. The Kier molecular flexibility index (Phi) is 7.48. The van der Waals surface area contributed by atoms with E-state index >= 15 is 0 Å². The normalized spacial score (nSPS) is 12.0. The first-order valence-electron chi connectivity index (χ1n) is 8.70. The van der Waals surface area contributed by atoms with Gasteiger partial charge in [0.2, 0.25) is 0 Å². The summed E-state index contributed by atoms with van der Waals surface area (Å²) in [6.45, 7) is 5.11. The van der Waals surface area contributed by atoms with Gasteiger partial charge >= 0.3 is 5.97 Å². The number of ether oxygens (including phenoxy) is 3. The van der Waals surface area contributed by atoms with Gasteiger partial charge in [-0.3, -0.25) is 0 Å². The standard InChI is InChI=1S/C21H26O5/c1-15(2)18-9-4-5-10-19(18)26-12-11-25-17-8-6-7-16(13-17)14-20(24-3)21(22)23/h4-10,13,15,20H,11-12,14H2,1-3H3,(H,22,23)/t20-/m0/s1. The Morgan fingerprint density at radius 1 is 1.04 bits per heavy atom. The van der Waals surface area contributed by atoms with Gasteiger partial charge in [0.05, 0.1) is 0 Å². The highest BCUT2D eigenvalue weighted by atomic mass is 16.5. The molecule has 0 amide bonds. The molecule has 0 aromatic heterocycles. The van der Waals surface area contributed by atoms with Crippen LogP contribution in [0.4, 0.5) is 0 Å². The SMILES string of the molecule is CO[C@@H](Cc1cccc(OCCOc2ccccc2C(C)C)c1)C(=O)O. The van der Waals surface area contributed by atoms with Crippen molar-refractivity contribution < 1.29 is 24.1 Å². The van der Waals surface area contributed by atoms with Crippen LogP contribution in [0.3, 0.4) is 0 Å². The highest BCUT2D eigenvalue weighted by Gasteiger charge is 2.17. The van der Waals surface area contributed by atoms with Crippen LogP contribution in [-0.4, -0.2) is 37.5 Å². The molecule has 0 aliphatic carbocycles. The average molecular weight is 358 g/mol. The van der Waals surface area contributed by atoms with Gasteiger partial charge in [0.15, 0.2) is 6.10 Å². The maximum atomic E-state index is 11.1. The van der Waals surface area contributed by atoms with Crippen molar-refractivity contribution in [2.24, 2.45) is 0 Å². The number of para-hydroxylation sites is 1. The fourth-order valence-electron chi connectivity index (χ4n) is 2.65. The van der Waals surface area contributed by atoms with E-state index in [1.807, 2.05) is 42.5 Å². The predicted molar refractivity (Wildman–Crippen MR) is 100 cm³/mol. The monoisotopic (exact) mass is 358 g/mol. The third kappa shape index (κ3) is 5.77. The fourth-order valence-corrected chi connectivity index (χ4v) is 2.65. The molecule has 0 aliphatic rings. The quantitative estimate of drug-likeness (QED) is 0.652. The first-order chi connectivity index (χ1) is 12.5. The van der Waals surface area contributed by atoms with Gasteiger partial charge in [-0.05, 0) is 35.2 Å². The van der Waals surface area contributed by atoms with Crippen molar-refractivity contribution >= 4 is 5.97 Å². The second kappa shape index (κ2) is 9.82. The molecular formula is C21H26O5. The zero-order valence-corrected chi connectivity index (χ0v) is 15.5. The maximum Gasteiger partial charge on any atom is 0.333 e. The van der Waals surface area contributed by atoms with Crippen molar-refractivity contribution in [3.8, 4) is 11.5 Å². The van der Waals surface area contributed by atoms with Gasteiger partial charge in [-0.15, -0.1) is 0 Å². The predicted octanol–water partition coefficient (Wildman–Crippen LogP) is 3.91. The second-order valence-electron chi connectivity index (χ2n) is 6.30. The number of carbonyl (C=O) groups is 1. The molecule has 2 aromatic carbocycles. The summed E-state index contributed by atoms with van der Waals surface area (Å²) >= 11 is 0. The molecule has 0 unspecified atom stereocenters. The van der Waals surface area contributed by atoms with Crippen LogP contribution >= 0.6 is 0 Å². The first kappa shape index (κ1) is 19.8. The minimum absolute atomic E-state index is 0.293. The molecule has 1 atom stereocenters. The minimum atomic E-state index is -0.976. The first-order valence-corrected chi connectivity index (χ1v) is 8.70. The Labute approximate surface area is 154 Å². The lowest BCUT2D eigenvalue weighted by Crippen LogP contribution is -2.24. The summed E-state index contributed by atoms with van der Waals surface area (Å²) in [5.41, 5.74) is 2.02. The second-order valence-corrected chi connectivity index (χ2v) is 6.30. The van der Waals surface area contributed by atoms with Crippen LogP contribution in [0, 0.1) is 0 Å². The number of carboxylic acid groups (broad SMARTS) is 1. The third-order valence-electron chi connectivity index (χ3n) is 4.03. The Hall–Kier alpha value is -2.53. The van der Waals surface area contributed by atoms with Crippen LogP contribution in [0.2, 0.25) is 0 Å². The lowest BCUT2D eigenvalue weighted by atomic mass is 10.0. The molecular weight excluding hydrogens is 332 g/mol. The van der Waals surface area contributed by atoms with Crippen LogP contribution < -0.4 is 9.47 Å². The van der Waals surface area contributed by atoms with E-state index in [2.05, 4.69) is 19.9 Å². The van der Waals surface area contributed by atoms with Crippen LogP contribution in [0.1, 0.15) is 30.9 Å². The highest BCUT2D eigenvalue weighted by molar-refractivity contribution is 5.72. The molecule has 26 heavy (non-hydrogen) atoms. The van der Waals surface area contributed by atoms with Crippen LogP contribution in [0.25, 0.3) is 0 Å². The molecule has 0 radical (unpaired) electrons. The molecule has 0 spiro atoms. The summed E-state index contributed by atoms with van der Waals surface area (Å²) in [5.74, 6) is 0.982. The number of rotatable bonds is 10. The van der Waals surface area contributed by atoms with Crippen molar-refractivity contribution in [2.45, 2.75) is 32.3 Å². The van der Waals surface area contributed by atoms with Gasteiger partial charge in [-0.1, -0.05) is 44.2 Å². The topological polar surface area (TPSA) is 65.0 Å². The summed E-state index contributed by atoms with van der Waals surface area (Å²) in [7, 11) is 1.39. The average Bonchev–Trinajstić information content (AvgIpc) is 2.63. The van der Waals surface area contributed by atoms with E-state index in [0.29, 0.717) is 31.3 Å². The van der Waals surface area contributed by atoms with Crippen molar-refractivity contribution in [3.63, 3.8) is 0 Å². The molecule has 140 valence electrons. The van der Waals surface area contributed by atoms with Crippen molar-refractivity contribution in [2.75, 3.05) is 20.3 Å². The van der Waals surface area contributed by atoms with Crippen LogP contribution in [0.15, 0.2) is 48.5 Å². The van der Waals surface area contributed by atoms with Crippen molar-refractivity contribution in [3.05, 3.63) is 59.7 Å². The van der Waals surface area contributed by atoms with E-state index < -0.39 is 12.1 Å². The lowest BCUT2D eigenvalue weighted by molar-refractivity contribution is -0.148. The van der Waals surface area contributed by atoms with Crippen molar-refractivity contribution in [1.29, 1.82) is 0 Å². The van der Waals surface area contributed by atoms with E-state index in [1.165, 1.54) is 12.7 Å². The van der Waals surface area contributed by atoms with Gasteiger partial charge in [0.25, 0.3) is 0 Å². The van der Waals surface area contributed by atoms with Gasteiger partial charge in [-0.25, -0.2) is 4.79 Å². The Morgan fingerprint density at radius 3 is 2.46 bits per heavy atom. The summed E-state index contributed by atoms with van der Waals surface area (Å²) in [5, 5.41) is 9.07. The molecule has 1 N–H and O–H groups in total. The molecule has 0 saturated carbocycles. The van der Waals surface area contributed by atoms with Gasteiger partial charge in [-0.2, -0.15) is 0 Å². The van der Waals surface area contributed by atoms with Crippen LogP contribution in [0.5, 0.6) is 11.5 Å². The smallest absolute Gasteiger partial charge is 0.333 e. The Balaban J connectivity index is 1.87. The van der Waals surface area contributed by atoms with Crippen LogP contribution in [-0.2, 0) is 16.0 Å². The summed E-state index contributed by atoms with van der Waals surface area (Å²) < 4.78 is 16.5. The zero-order valence-electron chi connectivity index (χ0n) is 15.5. The van der Waals surface area contributed by atoms with E-state index in [9.17, 15) is 4.79 Å². The third-order valence-corrected chi connectivity index (χ3v) is 4.03. The molecule has 0 heterocycles. The molecule has 0 bridgehead atoms. The summed E-state index contributed by atoms with van der Waals surface area (Å²) in [6, 6.07) is 15.4. The Morgan fingerprint density at radius 2 is 1.77 bits per heavy atom. The molecule has 5 heteroatoms. The molecule has 5 nitrogen and oxygen atoms in total. The van der Waals surface area contributed by atoms with E-state index in [-0.39, 0.29) is 0 Å². The Bertz CT molecular complexity index is 711. The number of methoxy groups -OCH3 is 1. The lowest BCUT2D eigenvalue weighted by Gasteiger charge is -2.15. The van der Waals surface area contributed by atoms with E-state index in [1.54, 1.807) is 0 Å². The minimum Gasteiger partial charge on any atom is -0.490 e. The molecule has 2 aromatic rings. The van der Waals surface area contributed by atoms with E-state index in [0.717, 1.165) is 11.3 Å². The fraction of sp³-hybridized carbons (Fsp3) is 0.381. The maximum absolute atomic E-state index is 11.1. The number of carboxylic acids is 1. The van der Waals surface area contributed by atoms with Crippen molar-refractivity contribution in [1.82, 2.24) is 0 Å². The molecule has 2 rings (SSSR count). The van der Waals surface area contributed by atoms with E-state index in [4.69, 9.17) is 19.3 Å².